The smallest absolute Gasteiger partial charge is 0.330 e. The SMILES string of the molecule is CCOC(=O)C=Cc1ccc(F)c2ccccc12. The number of hydrogen-bond acceptors (Lipinski definition) is 2. The van der Waals surface area contributed by atoms with Crippen LogP contribution >= 0.6 is 0 Å². The molecule has 0 unspecified atom stereocenters. The van der Waals surface area contributed by atoms with Crippen LogP contribution in [0, 0.1) is 5.82 Å². The number of carbonyl (C=O) groups is 1. The summed E-state index contributed by atoms with van der Waals surface area (Å²) in [6.45, 7) is 2.09. The summed E-state index contributed by atoms with van der Waals surface area (Å²) in [5.41, 5.74) is 0.792. The zero-order valence-electron chi connectivity index (χ0n) is 10.0. The number of ether oxygens (including phenoxy) is 1. The first-order valence-electron chi connectivity index (χ1n) is 5.74. The Morgan fingerprint density at radius 1 is 1.22 bits per heavy atom. The van der Waals surface area contributed by atoms with Gasteiger partial charge in [0.05, 0.1) is 6.61 Å². The van der Waals surface area contributed by atoms with Crippen molar-refractivity contribution in [1.29, 1.82) is 0 Å². The number of carbonyl (C=O) groups excluding carboxylic acids is 1. The van der Waals surface area contributed by atoms with E-state index in [2.05, 4.69) is 0 Å². The molecule has 0 saturated carbocycles. The minimum atomic E-state index is -0.397. The van der Waals surface area contributed by atoms with Crippen molar-refractivity contribution >= 4 is 22.8 Å². The van der Waals surface area contributed by atoms with Gasteiger partial charge >= 0.3 is 5.97 Å². The Hall–Kier alpha value is -2.16. The van der Waals surface area contributed by atoms with Gasteiger partial charge in [-0.3, -0.25) is 0 Å². The Morgan fingerprint density at radius 2 is 1.94 bits per heavy atom. The van der Waals surface area contributed by atoms with Gasteiger partial charge in [-0.2, -0.15) is 0 Å². The molecule has 2 aromatic rings. The van der Waals surface area contributed by atoms with E-state index in [0.717, 1.165) is 10.9 Å². The minimum absolute atomic E-state index is 0.265. The van der Waals surface area contributed by atoms with Crippen LogP contribution in [0.15, 0.2) is 42.5 Å². The molecule has 0 atom stereocenters. The fourth-order valence-electron chi connectivity index (χ4n) is 1.78. The van der Waals surface area contributed by atoms with Crippen molar-refractivity contribution in [2.45, 2.75) is 6.92 Å². The third-order valence-electron chi connectivity index (χ3n) is 2.59. The van der Waals surface area contributed by atoms with Crippen LogP contribution in [0.1, 0.15) is 12.5 Å². The van der Waals surface area contributed by atoms with Crippen LogP contribution in [0.5, 0.6) is 0 Å². The molecule has 3 heteroatoms. The van der Waals surface area contributed by atoms with E-state index in [4.69, 9.17) is 4.74 Å². The molecule has 0 N–H and O–H groups in total. The van der Waals surface area contributed by atoms with Gasteiger partial charge in [-0.05, 0) is 30.0 Å². The Balaban J connectivity index is 2.40. The quantitative estimate of drug-likeness (QED) is 0.609. The van der Waals surface area contributed by atoms with Crippen molar-refractivity contribution in [2.24, 2.45) is 0 Å². The number of hydrogen-bond donors (Lipinski definition) is 0. The molecule has 0 spiro atoms. The summed E-state index contributed by atoms with van der Waals surface area (Å²) < 4.78 is 18.4. The second-order valence-corrected chi connectivity index (χ2v) is 3.77. The number of fused-ring (bicyclic) bond motifs is 1. The number of esters is 1. The van der Waals surface area contributed by atoms with Crippen molar-refractivity contribution < 1.29 is 13.9 Å². The molecule has 0 radical (unpaired) electrons. The molecular weight excluding hydrogens is 231 g/mol. The van der Waals surface area contributed by atoms with Crippen molar-refractivity contribution in [3.63, 3.8) is 0 Å². The van der Waals surface area contributed by atoms with Crippen LogP contribution in [0.4, 0.5) is 4.39 Å². The molecule has 0 aromatic heterocycles. The molecule has 0 saturated heterocycles. The molecule has 2 rings (SSSR count). The lowest BCUT2D eigenvalue weighted by Crippen LogP contribution is -1.98. The summed E-state index contributed by atoms with van der Waals surface area (Å²) in [5.74, 6) is -0.662. The molecule has 92 valence electrons. The van der Waals surface area contributed by atoms with E-state index < -0.39 is 5.97 Å². The van der Waals surface area contributed by atoms with Crippen LogP contribution in [-0.4, -0.2) is 12.6 Å². The largest absolute Gasteiger partial charge is 0.463 e. The minimum Gasteiger partial charge on any atom is -0.463 e. The summed E-state index contributed by atoms with van der Waals surface area (Å²) >= 11 is 0. The predicted octanol–water partition coefficient (Wildman–Crippen LogP) is 3.56. The van der Waals surface area contributed by atoms with Crippen LogP contribution in [0.3, 0.4) is 0 Å². The van der Waals surface area contributed by atoms with Crippen LogP contribution < -0.4 is 0 Å². The fraction of sp³-hybridized carbons (Fsp3) is 0.133. The third kappa shape index (κ3) is 2.56. The third-order valence-corrected chi connectivity index (χ3v) is 2.59. The van der Waals surface area contributed by atoms with E-state index >= 15 is 0 Å². The first-order chi connectivity index (χ1) is 8.72. The van der Waals surface area contributed by atoms with Gasteiger partial charge in [0, 0.05) is 11.5 Å². The van der Waals surface area contributed by atoms with Gasteiger partial charge < -0.3 is 4.74 Å². The van der Waals surface area contributed by atoms with Crippen molar-refractivity contribution in [2.75, 3.05) is 6.61 Å². The van der Waals surface area contributed by atoms with E-state index in [1.54, 1.807) is 31.2 Å². The van der Waals surface area contributed by atoms with Gasteiger partial charge in [0.2, 0.25) is 0 Å². The van der Waals surface area contributed by atoms with E-state index in [1.165, 1.54) is 12.1 Å². The highest BCUT2D eigenvalue weighted by atomic mass is 19.1. The topological polar surface area (TPSA) is 26.3 Å². The molecule has 2 aromatic carbocycles. The Morgan fingerprint density at radius 3 is 2.67 bits per heavy atom. The predicted molar refractivity (Wildman–Crippen MR) is 69.6 cm³/mol. The average molecular weight is 244 g/mol. The summed E-state index contributed by atoms with van der Waals surface area (Å²) in [6.07, 6.45) is 2.99. The summed E-state index contributed by atoms with van der Waals surface area (Å²) in [5, 5.41) is 1.32. The highest BCUT2D eigenvalue weighted by Gasteiger charge is 2.03. The molecule has 0 aliphatic rings. The van der Waals surface area contributed by atoms with E-state index in [-0.39, 0.29) is 5.82 Å². The highest BCUT2D eigenvalue weighted by Crippen LogP contribution is 2.22. The van der Waals surface area contributed by atoms with Gasteiger partial charge in [-0.25, -0.2) is 9.18 Å². The lowest BCUT2D eigenvalue weighted by atomic mass is 10.0. The maximum atomic E-state index is 13.6. The van der Waals surface area contributed by atoms with Crippen LogP contribution in [0.25, 0.3) is 16.8 Å². The van der Waals surface area contributed by atoms with Crippen molar-refractivity contribution in [1.82, 2.24) is 0 Å². The maximum absolute atomic E-state index is 13.6. The van der Waals surface area contributed by atoms with Crippen molar-refractivity contribution in [3.05, 3.63) is 53.9 Å². The molecule has 2 nitrogen and oxygen atoms in total. The van der Waals surface area contributed by atoms with Gasteiger partial charge in [0.1, 0.15) is 5.82 Å². The second-order valence-electron chi connectivity index (χ2n) is 3.77. The first kappa shape index (κ1) is 12.3. The van der Waals surface area contributed by atoms with Gasteiger partial charge in [-0.1, -0.05) is 30.3 Å². The molecular formula is C15H13FO2. The Bertz CT molecular complexity index is 602. The number of benzene rings is 2. The van der Waals surface area contributed by atoms with Gasteiger partial charge in [0.25, 0.3) is 0 Å². The summed E-state index contributed by atoms with van der Waals surface area (Å²) in [6, 6.07) is 10.2. The highest BCUT2D eigenvalue weighted by molar-refractivity contribution is 5.95. The van der Waals surface area contributed by atoms with E-state index in [9.17, 15) is 9.18 Å². The summed E-state index contributed by atoms with van der Waals surface area (Å²) in [4.78, 5) is 11.2. The lowest BCUT2D eigenvalue weighted by molar-refractivity contribution is -0.137. The van der Waals surface area contributed by atoms with E-state index in [1.807, 2.05) is 12.1 Å². The van der Waals surface area contributed by atoms with Crippen LogP contribution in [0.2, 0.25) is 0 Å². The molecule has 18 heavy (non-hydrogen) atoms. The maximum Gasteiger partial charge on any atom is 0.330 e. The zero-order chi connectivity index (χ0) is 13.0. The fourth-order valence-corrected chi connectivity index (χ4v) is 1.78. The summed E-state index contributed by atoms with van der Waals surface area (Å²) in [7, 11) is 0. The zero-order valence-corrected chi connectivity index (χ0v) is 10.0. The lowest BCUT2D eigenvalue weighted by Gasteiger charge is -2.03. The number of rotatable bonds is 3. The Kier molecular flexibility index (Phi) is 3.72. The number of halogens is 1. The van der Waals surface area contributed by atoms with Crippen molar-refractivity contribution in [3.8, 4) is 0 Å². The van der Waals surface area contributed by atoms with Crippen LogP contribution in [-0.2, 0) is 9.53 Å². The standard InChI is InChI=1S/C15H13FO2/c1-2-18-15(17)10-8-11-7-9-14(16)13-6-4-3-5-12(11)13/h3-10H,2H2,1H3. The molecule has 0 aliphatic heterocycles. The molecule has 0 bridgehead atoms. The average Bonchev–Trinajstić information content (AvgIpc) is 2.39. The monoisotopic (exact) mass is 244 g/mol. The molecule has 0 aliphatic carbocycles. The normalized spacial score (nSPS) is 11.0. The second kappa shape index (κ2) is 5.45. The Labute approximate surface area is 105 Å². The van der Waals surface area contributed by atoms with Gasteiger partial charge in [0.15, 0.2) is 0 Å². The molecule has 0 heterocycles. The first-order valence-corrected chi connectivity index (χ1v) is 5.74. The van der Waals surface area contributed by atoms with E-state index in [0.29, 0.717) is 12.0 Å². The molecule has 0 fully saturated rings. The molecule has 0 amide bonds. The van der Waals surface area contributed by atoms with Gasteiger partial charge in [-0.15, -0.1) is 0 Å².